The molecule has 0 aliphatic carbocycles. The summed E-state index contributed by atoms with van der Waals surface area (Å²) in [6.07, 6.45) is 0.402. The highest BCUT2D eigenvalue weighted by Crippen LogP contribution is 2.37. The Bertz CT molecular complexity index is 1740. The minimum Gasteiger partial charge on any atom is -0.429 e. The molecular formula is C36H27F7O. The van der Waals surface area contributed by atoms with Gasteiger partial charge in [0.15, 0.2) is 11.6 Å². The molecule has 0 saturated carbocycles. The number of rotatable bonds is 10. The third-order valence-electron chi connectivity index (χ3n) is 7.33. The molecule has 0 spiro atoms. The van der Waals surface area contributed by atoms with Gasteiger partial charge in [0.1, 0.15) is 23.2 Å². The van der Waals surface area contributed by atoms with Crippen LogP contribution in [0.3, 0.4) is 0 Å². The number of hydrogen-bond donors (Lipinski definition) is 0. The van der Waals surface area contributed by atoms with Crippen LogP contribution in [0.15, 0.2) is 97.1 Å². The number of benzene rings is 5. The number of hydrogen-bond acceptors (Lipinski definition) is 1. The van der Waals surface area contributed by atoms with E-state index in [-0.39, 0.29) is 11.1 Å². The molecule has 5 aromatic rings. The molecule has 0 N–H and O–H groups in total. The Hall–Kier alpha value is -4.59. The normalized spacial score (nSPS) is 11.5. The van der Waals surface area contributed by atoms with Gasteiger partial charge in [0.25, 0.3) is 0 Å². The van der Waals surface area contributed by atoms with Crippen LogP contribution in [0.1, 0.15) is 37.3 Å². The Morgan fingerprint density at radius 3 is 1.75 bits per heavy atom. The van der Waals surface area contributed by atoms with Crippen LogP contribution >= 0.6 is 0 Å². The SMILES string of the molecule is CCCCCc1ccc(-c2ccc(-c3ccc(C(F)(F)Oc4cc(F)c(-c5ccc(F)c(F)c5)c(F)c4)cc3)c(F)c2)cc1. The molecule has 0 heterocycles. The second-order valence-electron chi connectivity index (χ2n) is 10.4. The van der Waals surface area contributed by atoms with Crippen molar-refractivity contribution in [2.75, 3.05) is 0 Å². The standard InChI is InChI=1S/C36H27F7O/c1-2-3-4-5-22-6-8-23(9-7-22)25-12-16-29(31(38)18-25)24-10-14-27(15-11-24)36(42,43)44-28-20-33(40)35(34(41)21-28)26-13-17-30(37)32(39)19-26/h6-21H,2-5H2,1H3. The maximum Gasteiger partial charge on any atom is 0.426 e. The van der Waals surface area contributed by atoms with Gasteiger partial charge in [-0.15, -0.1) is 0 Å². The highest BCUT2D eigenvalue weighted by atomic mass is 19.3. The predicted octanol–water partition coefficient (Wildman–Crippen LogP) is 11.2. The third-order valence-corrected chi connectivity index (χ3v) is 7.33. The number of halogens is 7. The molecule has 5 rings (SSSR count). The Balaban J connectivity index is 1.31. The van der Waals surface area contributed by atoms with E-state index in [1.165, 1.54) is 23.8 Å². The maximum atomic E-state index is 15.1. The smallest absolute Gasteiger partial charge is 0.426 e. The van der Waals surface area contributed by atoms with Crippen LogP contribution in [0, 0.1) is 29.1 Å². The largest absolute Gasteiger partial charge is 0.429 e. The van der Waals surface area contributed by atoms with E-state index in [1.54, 1.807) is 12.1 Å². The molecule has 0 aromatic heterocycles. The zero-order valence-electron chi connectivity index (χ0n) is 23.6. The molecular weight excluding hydrogens is 581 g/mol. The quantitative estimate of drug-likeness (QED) is 0.113. The van der Waals surface area contributed by atoms with Crippen molar-refractivity contribution in [3.8, 4) is 39.1 Å². The minimum atomic E-state index is -4.01. The first kappa shape index (κ1) is 30.9. The average Bonchev–Trinajstić information content (AvgIpc) is 2.99. The molecule has 1 nitrogen and oxygen atoms in total. The molecule has 0 aliphatic heterocycles. The highest BCUT2D eigenvalue weighted by Gasteiger charge is 2.35. The molecule has 44 heavy (non-hydrogen) atoms. The van der Waals surface area contributed by atoms with Gasteiger partial charge < -0.3 is 4.74 Å². The van der Waals surface area contributed by atoms with Crippen molar-refractivity contribution < 1.29 is 35.5 Å². The van der Waals surface area contributed by atoms with Crippen molar-refractivity contribution in [2.24, 2.45) is 0 Å². The first-order valence-corrected chi connectivity index (χ1v) is 14.1. The summed E-state index contributed by atoms with van der Waals surface area (Å²) in [4.78, 5) is 0. The third kappa shape index (κ3) is 6.80. The van der Waals surface area contributed by atoms with Gasteiger partial charge in [0, 0.05) is 17.7 Å². The molecule has 0 radical (unpaired) electrons. The number of unbranched alkanes of at least 4 members (excludes halogenated alkanes) is 2. The van der Waals surface area contributed by atoms with Crippen LogP contribution in [0.25, 0.3) is 33.4 Å². The number of aryl methyl sites for hydroxylation is 1. The van der Waals surface area contributed by atoms with E-state index in [1.807, 2.05) is 24.3 Å². The fourth-order valence-electron chi connectivity index (χ4n) is 4.96. The minimum absolute atomic E-state index is 0.206. The van der Waals surface area contributed by atoms with Crippen LogP contribution in [0.2, 0.25) is 0 Å². The zero-order chi connectivity index (χ0) is 31.4. The van der Waals surface area contributed by atoms with E-state index >= 15 is 4.39 Å². The van der Waals surface area contributed by atoms with Crippen molar-refractivity contribution in [3.05, 3.63) is 137 Å². The van der Waals surface area contributed by atoms with E-state index < -0.39 is 52.1 Å². The van der Waals surface area contributed by atoms with Gasteiger partial charge in [-0.3, -0.25) is 0 Å². The Labute approximate surface area is 250 Å². The summed E-state index contributed by atoms with van der Waals surface area (Å²) in [5.41, 5.74) is 1.62. The van der Waals surface area contributed by atoms with Gasteiger partial charge in [0.05, 0.1) is 11.1 Å². The lowest BCUT2D eigenvalue weighted by atomic mass is 9.97. The molecule has 0 bridgehead atoms. The monoisotopic (exact) mass is 608 g/mol. The molecule has 226 valence electrons. The van der Waals surface area contributed by atoms with Crippen molar-refractivity contribution in [1.29, 1.82) is 0 Å². The van der Waals surface area contributed by atoms with E-state index in [2.05, 4.69) is 11.7 Å². The Morgan fingerprint density at radius 2 is 1.14 bits per heavy atom. The Morgan fingerprint density at radius 1 is 0.545 bits per heavy atom. The van der Waals surface area contributed by atoms with Gasteiger partial charge in [-0.2, -0.15) is 8.78 Å². The fourth-order valence-corrected chi connectivity index (χ4v) is 4.96. The number of ether oxygens (including phenoxy) is 1. The summed E-state index contributed by atoms with van der Waals surface area (Å²) in [7, 11) is 0. The van der Waals surface area contributed by atoms with Crippen LogP contribution < -0.4 is 4.74 Å². The Kier molecular flexibility index (Phi) is 9.09. The van der Waals surface area contributed by atoms with Gasteiger partial charge in [0.2, 0.25) is 0 Å². The summed E-state index contributed by atoms with van der Waals surface area (Å²) >= 11 is 0. The van der Waals surface area contributed by atoms with Crippen molar-refractivity contribution in [1.82, 2.24) is 0 Å². The maximum absolute atomic E-state index is 15.1. The first-order chi connectivity index (χ1) is 21.1. The van der Waals surface area contributed by atoms with Crippen molar-refractivity contribution in [2.45, 2.75) is 38.7 Å². The van der Waals surface area contributed by atoms with Gasteiger partial charge in [-0.25, -0.2) is 22.0 Å². The van der Waals surface area contributed by atoms with Gasteiger partial charge in [-0.1, -0.05) is 74.4 Å². The van der Waals surface area contributed by atoms with E-state index in [0.717, 1.165) is 49.4 Å². The van der Waals surface area contributed by atoms with E-state index in [0.29, 0.717) is 35.4 Å². The summed E-state index contributed by atoms with van der Waals surface area (Å²) in [6, 6.07) is 20.6. The highest BCUT2D eigenvalue weighted by molar-refractivity contribution is 5.71. The summed E-state index contributed by atoms with van der Waals surface area (Å²) in [5, 5.41) is 0. The fraction of sp³-hybridized carbons (Fsp3) is 0.167. The van der Waals surface area contributed by atoms with Crippen LogP contribution in [0.5, 0.6) is 5.75 Å². The van der Waals surface area contributed by atoms with Gasteiger partial charge >= 0.3 is 6.11 Å². The summed E-state index contributed by atoms with van der Waals surface area (Å²) < 4.78 is 106. The molecule has 0 atom stereocenters. The van der Waals surface area contributed by atoms with E-state index in [4.69, 9.17) is 0 Å². The molecule has 5 aromatic carbocycles. The molecule has 0 saturated heterocycles. The summed E-state index contributed by atoms with van der Waals surface area (Å²) in [5.74, 6) is -6.50. The molecule has 0 amide bonds. The van der Waals surface area contributed by atoms with Crippen molar-refractivity contribution in [3.63, 3.8) is 0 Å². The molecule has 0 aliphatic rings. The second kappa shape index (κ2) is 13.0. The lowest BCUT2D eigenvalue weighted by molar-refractivity contribution is -0.185. The number of alkyl halides is 2. The van der Waals surface area contributed by atoms with E-state index in [9.17, 15) is 26.3 Å². The average molecular weight is 609 g/mol. The van der Waals surface area contributed by atoms with Crippen LogP contribution in [-0.2, 0) is 12.5 Å². The topological polar surface area (TPSA) is 9.23 Å². The molecule has 8 heteroatoms. The first-order valence-electron chi connectivity index (χ1n) is 14.1. The predicted molar refractivity (Wildman–Crippen MR) is 157 cm³/mol. The zero-order valence-corrected chi connectivity index (χ0v) is 23.6. The van der Waals surface area contributed by atoms with Crippen LogP contribution in [-0.4, -0.2) is 0 Å². The lowest BCUT2D eigenvalue weighted by Crippen LogP contribution is -2.22. The second-order valence-corrected chi connectivity index (χ2v) is 10.4. The van der Waals surface area contributed by atoms with Crippen molar-refractivity contribution >= 4 is 0 Å². The van der Waals surface area contributed by atoms with Crippen LogP contribution in [0.4, 0.5) is 30.7 Å². The molecule has 0 unspecified atom stereocenters. The molecule has 0 fully saturated rings. The summed E-state index contributed by atoms with van der Waals surface area (Å²) in [6.45, 7) is 2.15. The van der Waals surface area contributed by atoms with Gasteiger partial charge in [-0.05, 0) is 71.0 Å². The lowest BCUT2D eigenvalue weighted by Gasteiger charge is -2.19.